The fraction of sp³-hybridized carbons (Fsp3) is 0.611. The summed E-state index contributed by atoms with van der Waals surface area (Å²) in [6.45, 7) is 7.93. The molecule has 0 aromatic heterocycles. The minimum absolute atomic E-state index is 0. The number of carbonyl (C=O) groups is 1. The van der Waals surface area contributed by atoms with Crippen LogP contribution in [0.4, 0.5) is 0 Å². The number of rotatable bonds is 7. The van der Waals surface area contributed by atoms with Crippen LogP contribution in [0.25, 0.3) is 0 Å². The zero-order valence-corrected chi connectivity index (χ0v) is 15.5. The number of aryl methyl sites for hydroxylation is 1. The van der Waals surface area contributed by atoms with E-state index >= 15 is 0 Å². The van der Waals surface area contributed by atoms with Crippen molar-refractivity contribution in [2.45, 2.75) is 52.3 Å². The summed E-state index contributed by atoms with van der Waals surface area (Å²) in [7, 11) is 0. The highest BCUT2D eigenvalue weighted by molar-refractivity contribution is 5.85. The number of hydrogen-bond acceptors (Lipinski definition) is 4. The lowest BCUT2D eigenvalue weighted by molar-refractivity contribution is -0.122. The zero-order chi connectivity index (χ0) is 16.8. The van der Waals surface area contributed by atoms with Crippen LogP contribution >= 0.6 is 12.4 Å². The molecule has 1 unspecified atom stereocenters. The highest BCUT2D eigenvalue weighted by Gasteiger charge is 2.19. The summed E-state index contributed by atoms with van der Waals surface area (Å²) < 4.78 is 11.4. The molecule has 1 fully saturated rings. The van der Waals surface area contributed by atoms with Crippen molar-refractivity contribution in [3.05, 3.63) is 29.3 Å². The Labute approximate surface area is 150 Å². The lowest BCUT2D eigenvalue weighted by atomic mass is 10.0. The van der Waals surface area contributed by atoms with Gasteiger partial charge in [-0.1, -0.05) is 26.0 Å². The van der Waals surface area contributed by atoms with Crippen LogP contribution in [0.3, 0.4) is 0 Å². The molecule has 1 aromatic rings. The Morgan fingerprint density at radius 3 is 2.83 bits per heavy atom. The lowest BCUT2D eigenvalue weighted by Crippen LogP contribution is -2.41. The molecule has 24 heavy (non-hydrogen) atoms. The maximum atomic E-state index is 12.1. The molecule has 1 aliphatic rings. The van der Waals surface area contributed by atoms with E-state index in [1.807, 2.05) is 25.1 Å². The van der Waals surface area contributed by atoms with E-state index < -0.39 is 6.04 Å². The summed E-state index contributed by atoms with van der Waals surface area (Å²) in [4.78, 5) is 12.1. The lowest BCUT2D eigenvalue weighted by Gasteiger charge is -2.18. The Kier molecular flexibility index (Phi) is 8.53. The van der Waals surface area contributed by atoms with Gasteiger partial charge in [-0.25, -0.2) is 0 Å². The van der Waals surface area contributed by atoms with Gasteiger partial charge in [-0.05, 0) is 30.9 Å². The largest absolute Gasteiger partial charge is 0.488 e. The van der Waals surface area contributed by atoms with Crippen LogP contribution in [0.15, 0.2) is 18.2 Å². The molecule has 2 rings (SSSR count). The number of nitrogens with one attached hydrogen (secondary N) is 1. The van der Waals surface area contributed by atoms with Crippen molar-refractivity contribution in [2.24, 2.45) is 11.7 Å². The topological polar surface area (TPSA) is 73.6 Å². The van der Waals surface area contributed by atoms with Crippen LogP contribution < -0.4 is 15.8 Å². The normalized spacial score (nSPS) is 18.1. The summed E-state index contributed by atoms with van der Waals surface area (Å²) >= 11 is 0. The van der Waals surface area contributed by atoms with Crippen molar-refractivity contribution in [3.8, 4) is 5.75 Å². The zero-order valence-electron chi connectivity index (χ0n) is 14.7. The molecule has 0 radical (unpaired) electrons. The first-order valence-corrected chi connectivity index (χ1v) is 8.33. The van der Waals surface area contributed by atoms with Crippen molar-refractivity contribution >= 4 is 18.3 Å². The maximum absolute atomic E-state index is 12.1. The van der Waals surface area contributed by atoms with Gasteiger partial charge in [0.05, 0.1) is 19.3 Å². The van der Waals surface area contributed by atoms with Crippen LogP contribution in [0.1, 0.15) is 37.8 Å². The Hall–Kier alpha value is -1.30. The minimum Gasteiger partial charge on any atom is -0.488 e. The Balaban J connectivity index is 0.00000288. The first kappa shape index (κ1) is 20.7. The number of amides is 1. The molecule has 5 nitrogen and oxygen atoms in total. The highest BCUT2D eigenvalue weighted by atomic mass is 35.5. The number of carbonyl (C=O) groups excluding carboxylic acids is 1. The molecule has 1 amide bonds. The van der Waals surface area contributed by atoms with Gasteiger partial charge in [0.25, 0.3) is 0 Å². The molecular weight excluding hydrogens is 328 g/mol. The smallest absolute Gasteiger partial charge is 0.237 e. The number of halogens is 1. The second kappa shape index (κ2) is 9.87. The van der Waals surface area contributed by atoms with Gasteiger partial charge in [-0.3, -0.25) is 4.79 Å². The summed E-state index contributed by atoms with van der Waals surface area (Å²) in [5, 5.41) is 2.91. The van der Waals surface area contributed by atoms with Crippen molar-refractivity contribution in [1.82, 2.24) is 5.32 Å². The molecule has 2 atom stereocenters. The average molecular weight is 357 g/mol. The molecule has 3 N–H and O–H groups in total. The standard InChI is InChI=1S/C18H28N2O3.ClH/c1-12(2)8-16(19)18(21)20-10-14-5-4-13(3)9-17(14)23-15-6-7-22-11-15;/h4-5,9,12,15-16H,6-8,10-11,19H2,1-3H3,(H,20,21);1H/t15?,16-;/m0./s1. The molecule has 0 aliphatic carbocycles. The molecule has 1 aliphatic heterocycles. The van der Waals surface area contributed by atoms with E-state index in [4.69, 9.17) is 15.2 Å². The number of ether oxygens (including phenoxy) is 2. The van der Waals surface area contributed by atoms with Crippen molar-refractivity contribution < 1.29 is 14.3 Å². The van der Waals surface area contributed by atoms with E-state index in [0.717, 1.165) is 29.9 Å². The van der Waals surface area contributed by atoms with Gasteiger partial charge in [0.15, 0.2) is 0 Å². The molecule has 0 bridgehead atoms. The maximum Gasteiger partial charge on any atom is 0.237 e. The predicted octanol–water partition coefficient (Wildman–Crippen LogP) is 2.57. The van der Waals surface area contributed by atoms with Gasteiger partial charge < -0.3 is 20.5 Å². The predicted molar refractivity (Wildman–Crippen MR) is 97.6 cm³/mol. The van der Waals surface area contributed by atoms with Crippen LogP contribution in [0.2, 0.25) is 0 Å². The van der Waals surface area contributed by atoms with Gasteiger partial charge in [0.1, 0.15) is 11.9 Å². The average Bonchev–Trinajstić information content (AvgIpc) is 2.98. The third kappa shape index (κ3) is 6.30. The van der Waals surface area contributed by atoms with E-state index in [1.54, 1.807) is 0 Å². The summed E-state index contributed by atoms with van der Waals surface area (Å²) in [5.74, 6) is 1.10. The second-order valence-electron chi connectivity index (χ2n) is 6.67. The molecule has 0 spiro atoms. The van der Waals surface area contributed by atoms with Crippen LogP contribution in [-0.4, -0.2) is 31.3 Å². The van der Waals surface area contributed by atoms with E-state index in [9.17, 15) is 4.79 Å². The minimum atomic E-state index is -0.465. The van der Waals surface area contributed by atoms with E-state index in [0.29, 0.717) is 25.5 Å². The third-order valence-corrected chi connectivity index (χ3v) is 3.92. The van der Waals surface area contributed by atoms with Gasteiger partial charge in [-0.15, -0.1) is 12.4 Å². The molecule has 136 valence electrons. The molecule has 1 heterocycles. The van der Waals surface area contributed by atoms with Gasteiger partial charge in [0, 0.05) is 18.5 Å². The Morgan fingerprint density at radius 1 is 1.46 bits per heavy atom. The van der Waals surface area contributed by atoms with Crippen molar-refractivity contribution in [1.29, 1.82) is 0 Å². The van der Waals surface area contributed by atoms with Crippen molar-refractivity contribution in [2.75, 3.05) is 13.2 Å². The summed E-state index contributed by atoms with van der Waals surface area (Å²) in [6.07, 6.45) is 1.68. The highest BCUT2D eigenvalue weighted by Crippen LogP contribution is 2.23. The first-order chi connectivity index (χ1) is 11.0. The fourth-order valence-electron chi connectivity index (χ4n) is 2.63. The van der Waals surface area contributed by atoms with Gasteiger partial charge in [0.2, 0.25) is 5.91 Å². The van der Waals surface area contributed by atoms with Crippen molar-refractivity contribution in [3.63, 3.8) is 0 Å². The molecule has 0 saturated carbocycles. The molecule has 1 aromatic carbocycles. The number of nitrogens with two attached hydrogens (primary N) is 1. The second-order valence-corrected chi connectivity index (χ2v) is 6.67. The Morgan fingerprint density at radius 2 is 2.21 bits per heavy atom. The quantitative estimate of drug-likeness (QED) is 0.787. The summed E-state index contributed by atoms with van der Waals surface area (Å²) in [6, 6.07) is 5.56. The molecule has 6 heteroatoms. The van der Waals surface area contributed by atoms with Gasteiger partial charge >= 0.3 is 0 Å². The van der Waals surface area contributed by atoms with E-state index in [2.05, 4.69) is 19.2 Å². The number of benzene rings is 1. The van der Waals surface area contributed by atoms with E-state index in [-0.39, 0.29) is 24.4 Å². The van der Waals surface area contributed by atoms with Crippen LogP contribution in [-0.2, 0) is 16.1 Å². The monoisotopic (exact) mass is 356 g/mol. The van der Waals surface area contributed by atoms with Gasteiger partial charge in [-0.2, -0.15) is 0 Å². The molecule has 1 saturated heterocycles. The molecular formula is C18H29ClN2O3. The van der Waals surface area contributed by atoms with Crippen LogP contribution in [0.5, 0.6) is 5.75 Å². The van der Waals surface area contributed by atoms with E-state index in [1.165, 1.54) is 0 Å². The first-order valence-electron chi connectivity index (χ1n) is 8.33. The fourth-order valence-corrected chi connectivity index (χ4v) is 2.63. The SMILES string of the molecule is Cc1ccc(CNC(=O)[C@@H](N)CC(C)C)c(OC2CCOC2)c1.Cl. The Bertz CT molecular complexity index is 531. The van der Waals surface area contributed by atoms with Crippen LogP contribution in [0, 0.1) is 12.8 Å². The number of hydrogen-bond donors (Lipinski definition) is 2. The third-order valence-electron chi connectivity index (χ3n) is 3.92. The summed E-state index contributed by atoms with van der Waals surface area (Å²) in [5.41, 5.74) is 8.01.